The zero-order valence-corrected chi connectivity index (χ0v) is 16.1. The molecule has 2 aliphatic rings. The SMILES string of the molecule is CN(C)C[C@H]1C[C@@H](O)CN1c1cc(N2CCC(c3cn[nH]c3)CC2)ncn1. The Morgan fingerprint density at radius 3 is 2.70 bits per heavy atom. The van der Waals surface area contributed by atoms with E-state index in [0.717, 1.165) is 50.5 Å². The van der Waals surface area contributed by atoms with Crippen LogP contribution in [-0.4, -0.2) is 82.6 Å². The summed E-state index contributed by atoms with van der Waals surface area (Å²) in [5.74, 6) is 2.47. The number of nitrogens with zero attached hydrogens (tertiary/aromatic N) is 6. The zero-order chi connectivity index (χ0) is 18.8. The number of aromatic nitrogens is 4. The highest BCUT2D eigenvalue weighted by Crippen LogP contribution is 2.31. The highest BCUT2D eigenvalue weighted by Gasteiger charge is 2.32. The largest absolute Gasteiger partial charge is 0.391 e. The van der Waals surface area contributed by atoms with Gasteiger partial charge in [-0.25, -0.2) is 9.97 Å². The van der Waals surface area contributed by atoms with Crippen LogP contribution in [0, 0.1) is 0 Å². The molecule has 0 aliphatic carbocycles. The maximum absolute atomic E-state index is 10.2. The van der Waals surface area contributed by atoms with E-state index in [1.165, 1.54) is 5.56 Å². The maximum Gasteiger partial charge on any atom is 0.134 e. The Kier molecular flexibility index (Phi) is 5.27. The number of H-pyrrole nitrogens is 1. The summed E-state index contributed by atoms with van der Waals surface area (Å²) in [6.07, 6.45) is 8.30. The van der Waals surface area contributed by atoms with Crippen molar-refractivity contribution in [3.05, 3.63) is 30.4 Å². The van der Waals surface area contributed by atoms with Gasteiger partial charge in [0.15, 0.2) is 0 Å². The highest BCUT2D eigenvalue weighted by molar-refractivity contribution is 5.52. The van der Waals surface area contributed by atoms with Crippen molar-refractivity contribution in [2.75, 3.05) is 50.1 Å². The Morgan fingerprint density at radius 2 is 2.00 bits per heavy atom. The van der Waals surface area contributed by atoms with Gasteiger partial charge in [-0.1, -0.05) is 0 Å². The molecule has 2 fully saturated rings. The molecule has 0 saturated carbocycles. The van der Waals surface area contributed by atoms with Crippen molar-refractivity contribution in [1.82, 2.24) is 25.1 Å². The lowest BCUT2D eigenvalue weighted by atomic mass is 9.91. The van der Waals surface area contributed by atoms with Crippen LogP contribution in [0.2, 0.25) is 0 Å². The Labute approximate surface area is 160 Å². The number of hydrogen-bond acceptors (Lipinski definition) is 7. The molecule has 2 aromatic heterocycles. The predicted molar refractivity (Wildman–Crippen MR) is 105 cm³/mol. The number of aromatic amines is 1. The normalized spacial score (nSPS) is 24.1. The third-order valence-electron chi connectivity index (χ3n) is 5.71. The maximum atomic E-state index is 10.2. The van der Waals surface area contributed by atoms with Crippen molar-refractivity contribution < 1.29 is 5.11 Å². The summed E-state index contributed by atoms with van der Waals surface area (Å²) < 4.78 is 0. The molecule has 27 heavy (non-hydrogen) atoms. The van der Waals surface area contributed by atoms with Gasteiger partial charge in [0.05, 0.1) is 12.3 Å². The molecule has 0 spiro atoms. The first-order valence-corrected chi connectivity index (χ1v) is 9.75. The first-order valence-electron chi connectivity index (χ1n) is 9.75. The lowest BCUT2D eigenvalue weighted by molar-refractivity contribution is 0.191. The molecule has 0 bridgehead atoms. The third kappa shape index (κ3) is 4.06. The molecule has 2 saturated heterocycles. The fraction of sp³-hybridized carbons (Fsp3) is 0.632. The molecular formula is C19H29N7O. The highest BCUT2D eigenvalue weighted by atomic mass is 16.3. The smallest absolute Gasteiger partial charge is 0.134 e. The summed E-state index contributed by atoms with van der Waals surface area (Å²) in [6, 6.07) is 2.36. The third-order valence-corrected chi connectivity index (χ3v) is 5.71. The Hall–Kier alpha value is -2.19. The number of likely N-dealkylation sites (N-methyl/N-ethyl adjacent to an activating group) is 1. The molecule has 4 rings (SSSR count). The quantitative estimate of drug-likeness (QED) is 0.814. The number of aliphatic hydroxyl groups is 1. The second-order valence-corrected chi connectivity index (χ2v) is 7.99. The van der Waals surface area contributed by atoms with Crippen LogP contribution in [0.3, 0.4) is 0 Å². The molecule has 0 unspecified atom stereocenters. The van der Waals surface area contributed by atoms with Crippen LogP contribution >= 0.6 is 0 Å². The van der Waals surface area contributed by atoms with Gasteiger partial charge in [0, 0.05) is 44.5 Å². The number of piperidine rings is 1. The van der Waals surface area contributed by atoms with Crippen molar-refractivity contribution in [2.45, 2.75) is 37.3 Å². The number of rotatable bonds is 5. The molecule has 2 aliphatic heterocycles. The van der Waals surface area contributed by atoms with Gasteiger partial charge in [0.25, 0.3) is 0 Å². The molecule has 8 heteroatoms. The van der Waals surface area contributed by atoms with Crippen LogP contribution in [0.5, 0.6) is 0 Å². The van der Waals surface area contributed by atoms with E-state index in [9.17, 15) is 5.11 Å². The van der Waals surface area contributed by atoms with Crippen molar-refractivity contribution in [1.29, 1.82) is 0 Å². The van der Waals surface area contributed by atoms with Crippen LogP contribution in [0.25, 0.3) is 0 Å². The van der Waals surface area contributed by atoms with Crippen LogP contribution < -0.4 is 9.80 Å². The van der Waals surface area contributed by atoms with Gasteiger partial charge in [-0.2, -0.15) is 5.10 Å². The van der Waals surface area contributed by atoms with E-state index in [4.69, 9.17) is 0 Å². The molecule has 146 valence electrons. The van der Waals surface area contributed by atoms with Gasteiger partial charge in [-0.3, -0.25) is 5.10 Å². The predicted octanol–water partition coefficient (Wildman–Crippen LogP) is 1.08. The molecule has 0 amide bonds. The minimum Gasteiger partial charge on any atom is -0.391 e. The van der Waals surface area contributed by atoms with Gasteiger partial charge in [0.1, 0.15) is 18.0 Å². The fourth-order valence-electron chi connectivity index (χ4n) is 4.36. The topological polar surface area (TPSA) is 84.4 Å². The number of hydrogen-bond donors (Lipinski definition) is 2. The Bertz CT molecular complexity index is 727. The zero-order valence-electron chi connectivity index (χ0n) is 16.1. The Morgan fingerprint density at radius 1 is 1.22 bits per heavy atom. The first kappa shape index (κ1) is 18.2. The first-order chi connectivity index (χ1) is 13.1. The van der Waals surface area contributed by atoms with Gasteiger partial charge < -0.3 is 19.8 Å². The second-order valence-electron chi connectivity index (χ2n) is 7.99. The summed E-state index contributed by atoms with van der Waals surface area (Å²) in [5, 5.41) is 17.2. The number of aliphatic hydroxyl groups excluding tert-OH is 1. The molecule has 8 nitrogen and oxygen atoms in total. The minimum absolute atomic E-state index is 0.282. The van der Waals surface area contributed by atoms with Gasteiger partial charge >= 0.3 is 0 Å². The van der Waals surface area contributed by atoms with Crippen LogP contribution in [-0.2, 0) is 0 Å². The van der Waals surface area contributed by atoms with E-state index >= 15 is 0 Å². The standard InChI is InChI=1S/C19H29N7O/c1-24(2)11-16-7-17(27)12-26(16)19-8-18(20-13-21-19)25-5-3-14(4-6-25)15-9-22-23-10-15/h8-10,13-14,16-17,27H,3-7,11-12H2,1-2H3,(H,22,23)/t16-,17-/m1/s1. The minimum atomic E-state index is -0.293. The van der Waals surface area contributed by atoms with Crippen molar-refractivity contribution >= 4 is 11.6 Å². The lowest BCUT2D eigenvalue weighted by Gasteiger charge is -2.33. The summed E-state index contributed by atoms with van der Waals surface area (Å²) in [4.78, 5) is 15.8. The van der Waals surface area contributed by atoms with Crippen LogP contribution in [0.1, 0.15) is 30.7 Å². The molecule has 2 aromatic rings. The molecule has 4 heterocycles. The molecular weight excluding hydrogens is 342 g/mol. The second kappa shape index (κ2) is 7.82. The summed E-state index contributed by atoms with van der Waals surface area (Å²) >= 11 is 0. The number of anilines is 2. The van der Waals surface area contributed by atoms with Crippen molar-refractivity contribution in [3.8, 4) is 0 Å². The van der Waals surface area contributed by atoms with E-state index in [0.29, 0.717) is 12.5 Å². The summed E-state index contributed by atoms with van der Waals surface area (Å²) in [5.41, 5.74) is 1.30. The van der Waals surface area contributed by atoms with Crippen molar-refractivity contribution in [2.24, 2.45) is 0 Å². The van der Waals surface area contributed by atoms with E-state index in [1.54, 1.807) is 6.33 Å². The average Bonchev–Trinajstić information content (AvgIpc) is 3.31. The van der Waals surface area contributed by atoms with Crippen molar-refractivity contribution in [3.63, 3.8) is 0 Å². The monoisotopic (exact) mass is 371 g/mol. The van der Waals surface area contributed by atoms with E-state index < -0.39 is 0 Å². The van der Waals surface area contributed by atoms with E-state index in [-0.39, 0.29) is 12.1 Å². The Balaban J connectivity index is 1.45. The molecule has 0 aromatic carbocycles. The lowest BCUT2D eigenvalue weighted by Crippen LogP contribution is -2.38. The molecule has 2 atom stereocenters. The molecule has 0 radical (unpaired) electrons. The van der Waals surface area contributed by atoms with E-state index in [2.05, 4.69) is 55.0 Å². The average molecular weight is 371 g/mol. The number of nitrogens with one attached hydrogen (secondary N) is 1. The summed E-state index contributed by atoms with van der Waals surface area (Å²) in [6.45, 7) is 3.51. The van der Waals surface area contributed by atoms with Crippen LogP contribution in [0.4, 0.5) is 11.6 Å². The van der Waals surface area contributed by atoms with Gasteiger partial charge in [-0.15, -0.1) is 0 Å². The van der Waals surface area contributed by atoms with E-state index in [1.807, 2.05) is 12.4 Å². The summed E-state index contributed by atoms with van der Waals surface area (Å²) in [7, 11) is 4.14. The number of β-amino-alcohol motifs (C(OH)–C–C–N with tert-alkyl or cyclic N) is 1. The van der Waals surface area contributed by atoms with Crippen LogP contribution in [0.15, 0.2) is 24.8 Å². The molecule has 2 N–H and O–H groups in total. The van der Waals surface area contributed by atoms with Gasteiger partial charge in [-0.05, 0) is 44.8 Å². The van der Waals surface area contributed by atoms with Gasteiger partial charge in [0.2, 0.25) is 0 Å². The fourth-order valence-corrected chi connectivity index (χ4v) is 4.36.